The van der Waals surface area contributed by atoms with E-state index in [-0.39, 0.29) is 0 Å². The van der Waals surface area contributed by atoms with Crippen LogP contribution in [0, 0.1) is 13.8 Å². The predicted molar refractivity (Wildman–Crippen MR) is 55.9 cm³/mol. The molecular weight excluding hydrogens is 174 g/mol. The lowest BCUT2D eigenvalue weighted by Crippen LogP contribution is -1.96. The minimum Gasteiger partial charge on any atom is -0.268 e. The number of nitrogens with zero attached hydrogens (tertiary/aromatic N) is 3. The first-order valence-corrected chi connectivity index (χ1v) is 4.59. The Morgan fingerprint density at radius 1 is 1.14 bits per heavy atom. The minimum atomic E-state index is 1.15. The molecule has 0 aromatic carbocycles. The van der Waals surface area contributed by atoms with Crippen molar-refractivity contribution in [3.05, 3.63) is 35.8 Å². The predicted octanol–water partition coefficient (Wildman–Crippen LogP) is 2.10. The molecule has 0 aliphatic rings. The molecule has 0 unspecified atom stereocenters. The average Bonchev–Trinajstić information content (AvgIpc) is 2.48. The summed E-state index contributed by atoms with van der Waals surface area (Å²) in [5.74, 6) is 0. The maximum atomic E-state index is 4.22. The summed E-state index contributed by atoms with van der Waals surface area (Å²) < 4.78 is 1.89. The molecule has 0 fully saturated rings. The van der Waals surface area contributed by atoms with Gasteiger partial charge >= 0.3 is 0 Å². The van der Waals surface area contributed by atoms with Crippen molar-refractivity contribution in [3.8, 4) is 11.3 Å². The van der Waals surface area contributed by atoms with Crippen LogP contribution >= 0.6 is 0 Å². The van der Waals surface area contributed by atoms with E-state index in [1.807, 2.05) is 36.4 Å². The Bertz CT molecular complexity index is 438. The topological polar surface area (TPSA) is 30.7 Å². The van der Waals surface area contributed by atoms with Gasteiger partial charge in [-0.3, -0.25) is 9.67 Å². The zero-order chi connectivity index (χ0) is 10.1. The molecule has 0 N–H and O–H groups in total. The summed E-state index contributed by atoms with van der Waals surface area (Å²) in [6.45, 7) is 4.15. The van der Waals surface area contributed by atoms with Crippen molar-refractivity contribution in [1.29, 1.82) is 0 Å². The normalized spacial score (nSPS) is 10.5. The van der Waals surface area contributed by atoms with E-state index in [1.54, 1.807) is 0 Å². The van der Waals surface area contributed by atoms with Crippen molar-refractivity contribution >= 4 is 0 Å². The number of hydrogen-bond acceptors (Lipinski definition) is 2. The van der Waals surface area contributed by atoms with Crippen molar-refractivity contribution in [2.24, 2.45) is 7.05 Å². The monoisotopic (exact) mass is 187 g/mol. The van der Waals surface area contributed by atoms with Crippen LogP contribution in [-0.4, -0.2) is 14.8 Å². The summed E-state index contributed by atoms with van der Waals surface area (Å²) in [6.07, 6.45) is 5.58. The third-order valence-corrected chi connectivity index (χ3v) is 2.42. The van der Waals surface area contributed by atoms with Crippen LogP contribution in [-0.2, 0) is 7.05 Å². The fourth-order valence-corrected chi connectivity index (χ4v) is 1.65. The van der Waals surface area contributed by atoms with Gasteiger partial charge in [-0.15, -0.1) is 0 Å². The molecule has 0 amide bonds. The molecule has 14 heavy (non-hydrogen) atoms. The van der Waals surface area contributed by atoms with Gasteiger partial charge in [0.1, 0.15) is 0 Å². The standard InChI is InChI=1S/C11H13N3/c1-8-4-5-12-7-10(8)11-9(2)6-13-14(11)3/h4-7H,1-3H3. The van der Waals surface area contributed by atoms with Crippen LogP contribution in [0.2, 0.25) is 0 Å². The van der Waals surface area contributed by atoms with Gasteiger partial charge in [-0.2, -0.15) is 5.10 Å². The molecule has 3 nitrogen and oxygen atoms in total. The van der Waals surface area contributed by atoms with Crippen molar-refractivity contribution in [2.45, 2.75) is 13.8 Å². The van der Waals surface area contributed by atoms with Gasteiger partial charge in [0.2, 0.25) is 0 Å². The molecule has 0 aliphatic carbocycles. The zero-order valence-electron chi connectivity index (χ0n) is 8.65. The fraction of sp³-hybridized carbons (Fsp3) is 0.273. The van der Waals surface area contributed by atoms with Gasteiger partial charge in [-0.25, -0.2) is 0 Å². The molecule has 2 aromatic heterocycles. The Labute approximate surface area is 83.4 Å². The lowest BCUT2D eigenvalue weighted by Gasteiger charge is -2.06. The van der Waals surface area contributed by atoms with Crippen LogP contribution in [0.4, 0.5) is 0 Å². The highest BCUT2D eigenvalue weighted by Gasteiger charge is 2.09. The van der Waals surface area contributed by atoms with Crippen LogP contribution in [0.1, 0.15) is 11.1 Å². The highest BCUT2D eigenvalue weighted by atomic mass is 15.3. The Kier molecular flexibility index (Phi) is 2.08. The molecule has 3 heteroatoms. The average molecular weight is 187 g/mol. The summed E-state index contributed by atoms with van der Waals surface area (Å²) in [5.41, 5.74) is 4.72. The van der Waals surface area contributed by atoms with Gasteiger partial charge in [0.05, 0.1) is 11.9 Å². The van der Waals surface area contributed by atoms with E-state index in [9.17, 15) is 0 Å². The molecule has 0 atom stereocenters. The first-order valence-electron chi connectivity index (χ1n) is 4.59. The van der Waals surface area contributed by atoms with E-state index < -0.39 is 0 Å². The van der Waals surface area contributed by atoms with Gasteiger partial charge in [-0.05, 0) is 31.0 Å². The van der Waals surface area contributed by atoms with Crippen LogP contribution < -0.4 is 0 Å². The summed E-state index contributed by atoms with van der Waals surface area (Å²) in [5, 5.41) is 4.22. The molecule has 2 aromatic rings. The maximum Gasteiger partial charge on any atom is 0.0726 e. The first-order chi connectivity index (χ1) is 6.70. The minimum absolute atomic E-state index is 1.15. The maximum absolute atomic E-state index is 4.22. The number of aromatic nitrogens is 3. The summed E-state index contributed by atoms with van der Waals surface area (Å²) in [7, 11) is 1.95. The molecule has 0 spiro atoms. The number of pyridine rings is 1. The Hall–Kier alpha value is -1.64. The number of aryl methyl sites for hydroxylation is 3. The van der Waals surface area contributed by atoms with E-state index >= 15 is 0 Å². The smallest absolute Gasteiger partial charge is 0.0726 e. The molecule has 0 aliphatic heterocycles. The van der Waals surface area contributed by atoms with Gasteiger partial charge in [-0.1, -0.05) is 0 Å². The molecule has 0 saturated heterocycles. The van der Waals surface area contributed by atoms with E-state index in [4.69, 9.17) is 0 Å². The molecule has 72 valence electrons. The molecule has 0 saturated carbocycles. The number of rotatable bonds is 1. The van der Waals surface area contributed by atoms with Crippen molar-refractivity contribution in [1.82, 2.24) is 14.8 Å². The molecule has 0 radical (unpaired) electrons. The van der Waals surface area contributed by atoms with Gasteiger partial charge in [0.15, 0.2) is 0 Å². The van der Waals surface area contributed by atoms with E-state index in [1.165, 1.54) is 11.1 Å². The summed E-state index contributed by atoms with van der Waals surface area (Å²) >= 11 is 0. The van der Waals surface area contributed by atoms with Gasteiger partial charge in [0.25, 0.3) is 0 Å². The lowest BCUT2D eigenvalue weighted by atomic mass is 10.1. The molecule has 2 rings (SSSR count). The van der Waals surface area contributed by atoms with E-state index in [0.29, 0.717) is 0 Å². The Morgan fingerprint density at radius 3 is 2.50 bits per heavy atom. The first kappa shape index (κ1) is 8.94. The molecule has 2 heterocycles. The number of hydrogen-bond donors (Lipinski definition) is 0. The Balaban J connectivity index is 2.66. The quantitative estimate of drug-likeness (QED) is 0.684. The van der Waals surface area contributed by atoms with Crippen LogP contribution in [0.3, 0.4) is 0 Å². The van der Waals surface area contributed by atoms with E-state index in [2.05, 4.69) is 23.9 Å². The second kappa shape index (κ2) is 3.25. The largest absolute Gasteiger partial charge is 0.268 e. The fourth-order valence-electron chi connectivity index (χ4n) is 1.65. The summed E-state index contributed by atoms with van der Waals surface area (Å²) in [4.78, 5) is 4.14. The summed E-state index contributed by atoms with van der Waals surface area (Å²) in [6, 6.07) is 2.02. The van der Waals surface area contributed by atoms with Crippen molar-refractivity contribution in [2.75, 3.05) is 0 Å². The van der Waals surface area contributed by atoms with Crippen LogP contribution in [0.15, 0.2) is 24.7 Å². The second-order valence-electron chi connectivity index (χ2n) is 3.49. The highest BCUT2D eigenvalue weighted by molar-refractivity contribution is 5.65. The van der Waals surface area contributed by atoms with Gasteiger partial charge < -0.3 is 0 Å². The second-order valence-corrected chi connectivity index (χ2v) is 3.49. The van der Waals surface area contributed by atoms with Gasteiger partial charge in [0, 0.05) is 25.0 Å². The van der Waals surface area contributed by atoms with E-state index in [0.717, 1.165) is 11.3 Å². The van der Waals surface area contributed by atoms with Crippen LogP contribution in [0.5, 0.6) is 0 Å². The Morgan fingerprint density at radius 2 is 1.93 bits per heavy atom. The lowest BCUT2D eigenvalue weighted by molar-refractivity contribution is 0.774. The SMILES string of the molecule is Cc1ccncc1-c1c(C)cnn1C. The van der Waals surface area contributed by atoms with Crippen molar-refractivity contribution < 1.29 is 0 Å². The third kappa shape index (κ3) is 1.31. The molecular formula is C11H13N3. The van der Waals surface area contributed by atoms with Crippen LogP contribution in [0.25, 0.3) is 11.3 Å². The third-order valence-electron chi connectivity index (χ3n) is 2.42. The van der Waals surface area contributed by atoms with Crippen molar-refractivity contribution in [3.63, 3.8) is 0 Å². The highest BCUT2D eigenvalue weighted by Crippen LogP contribution is 2.24. The zero-order valence-corrected chi connectivity index (χ0v) is 8.65. The molecule has 0 bridgehead atoms.